The first-order valence-corrected chi connectivity index (χ1v) is 10.9. The zero-order chi connectivity index (χ0) is 20.0. The molecule has 0 aliphatic rings. The third kappa shape index (κ3) is 5.19. The molecule has 0 bridgehead atoms. The molecule has 3 rings (SSSR count). The van der Waals surface area contributed by atoms with Crippen LogP contribution in [0.2, 0.25) is 0 Å². The number of anilines is 1. The van der Waals surface area contributed by atoms with E-state index in [1.807, 2.05) is 42.6 Å². The van der Waals surface area contributed by atoms with E-state index in [9.17, 15) is 13.2 Å². The quantitative estimate of drug-likeness (QED) is 0.579. The number of nitrogens with one attached hydrogen (secondary N) is 2. The van der Waals surface area contributed by atoms with E-state index in [2.05, 4.69) is 15.0 Å². The topological polar surface area (TPSA) is 88.2 Å². The number of thioether (sulfide) groups is 1. The predicted octanol–water partition coefficient (Wildman–Crippen LogP) is 3.53. The molecule has 0 atom stereocenters. The Morgan fingerprint density at radius 2 is 1.86 bits per heavy atom. The number of rotatable bonds is 7. The van der Waals surface area contributed by atoms with Crippen molar-refractivity contribution >= 4 is 33.4 Å². The Bertz CT molecular complexity index is 1050. The van der Waals surface area contributed by atoms with Crippen molar-refractivity contribution < 1.29 is 13.2 Å². The van der Waals surface area contributed by atoms with Gasteiger partial charge in [0.15, 0.2) is 0 Å². The first-order chi connectivity index (χ1) is 13.5. The standard InChI is InChI=1S/C20H19N3O3S2/c1-21-28(25,26)19-6-2-5-16(12-19)20(24)23-17-7-9-18(10-8-17)27-14-15-4-3-11-22-13-15/h2-13,21H,14H2,1H3,(H,23,24). The number of carbonyl (C=O) groups excluding carboxylic acids is 1. The number of sulfonamides is 1. The maximum absolute atomic E-state index is 12.4. The molecule has 0 fully saturated rings. The number of aromatic nitrogens is 1. The number of hydrogen-bond donors (Lipinski definition) is 2. The van der Waals surface area contributed by atoms with Gasteiger partial charge < -0.3 is 5.32 Å². The van der Waals surface area contributed by atoms with Gasteiger partial charge in [-0.25, -0.2) is 13.1 Å². The molecule has 6 nitrogen and oxygen atoms in total. The lowest BCUT2D eigenvalue weighted by Crippen LogP contribution is -2.19. The van der Waals surface area contributed by atoms with E-state index in [1.54, 1.807) is 24.0 Å². The molecule has 2 aromatic carbocycles. The van der Waals surface area contributed by atoms with Crippen molar-refractivity contribution in [1.29, 1.82) is 0 Å². The number of pyridine rings is 1. The third-order valence-corrected chi connectivity index (χ3v) is 6.41. The Hall–Kier alpha value is -2.68. The van der Waals surface area contributed by atoms with E-state index in [-0.39, 0.29) is 16.4 Å². The molecule has 144 valence electrons. The smallest absolute Gasteiger partial charge is 0.255 e. The van der Waals surface area contributed by atoms with Gasteiger partial charge in [0, 0.05) is 34.3 Å². The number of nitrogens with zero attached hydrogens (tertiary/aromatic N) is 1. The Balaban J connectivity index is 1.64. The average Bonchev–Trinajstić information content (AvgIpc) is 2.74. The SMILES string of the molecule is CNS(=O)(=O)c1cccc(C(=O)Nc2ccc(SCc3cccnc3)cc2)c1. The summed E-state index contributed by atoms with van der Waals surface area (Å²) >= 11 is 1.68. The molecule has 0 aliphatic carbocycles. The van der Waals surface area contributed by atoms with Crippen LogP contribution in [0.4, 0.5) is 5.69 Å². The van der Waals surface area contributed by atoms with E-state index >= 15 is 0 Å². The maximum atomic E-state index is 12.4. The molecule has 2 N–H and O–H groups in total. The fourth-order valence-electron chi connectivity index (χ4n) is 2.41. The number of hydrogen-bond acceptors (Lipinski definition) is 5. The van der Waals surface area contributed by atoms with Gasteiger partial charge in [-0.05, 0) is 61.1 Å². The molecule has 1 aromatic heterocycles. The van der Waals surface area contributed by atoms with Crippen LogP contribution in [-0.4, -0.2) is 26.4 Å². The van der Waals surface area contributed by atoms with Crippen LogP contribution in [0.3, 0.4) is 0 Å². The van der Waals surface area contributed by atoms with E-state index in [0.29, 0.717) is 5.69 Å². The summed E-state index contributed by atoms with van der Waals surface area (Å²) in [5.74, 6) is 0.440. The summed E-state index contributed by atoms with van der Waals surface area (Å²) in [6, 6.07) is 17.3. The molecule has 1 heterocycles. The highest BCUT2D eigenvalue weighted by Gasteiger charge is 2.14. The van der Waals surface area contributed by atoms with Gasteiger partial charge in [0.25, 0.3) is 5.91 Å². The predicted molar refractivity (Wildman–Crippen MR) is 111 cm³/mol. The van der Waals surface area contributed by atoms with Crippen molar-refractivity contribution in [2.75, 3.05) is 12.4 Å². The van der Waals surface area contributed by atoms with E-state index in [0.717, 1.165) is 16.2 Å². The van der Waals surface area contributed by atoms with Crippen LogP contribution >= 0.6 is 11.8 Å². The van der Waals surface area contributed by atoms with Crippen LogP contribution in [0, 0.1) is 0 Å². The minimum atomic E-state index is -3.60. The van der Waals surface area contributed by atoms with Gasteiger partial charge in [0.05, 0.1) is 4.90 Å². The summed E-state index contributed by atoms with van der Waals surface area (Å²) in [6.07, 6.45) is 3.58. The number of benzene rings is 2. The van der Waals surface area contributed by atoms with Crippen molar-refractivity contribution in [1.82, 2.24) is 9.71 Å². The summed E-state index contributed by atoms with van der Waals surface area (Å²) in [5, 5.41) is 2.78. The van der Waals surface area contributed by atoms with Gasteiger partial charge >= 0.3 is 0 Å². The molecule has 28 heavy (non-hydrogen) atoms. The molecular formula is C20H19N3O3S2. The lowest BCUT2D eigenvalue weighted by atomic mass is 10.2. The van der Waals surface area contributed by atoms with Crippen molar-refractivity contribution in [3.63, 3.8) is 0 Å². The zero-order valence-corrected chi connectivity index (χ0v) is 16.8. The first-order valence-electron chi connectivity index (χ1n) is 8.45. The highest BCUT2D eigenvalue weighted by atomic mass is 32.2. The van der Waals surface area contributed by atoms with Gasteiger partial charge in [0.1, 0.15) is 0 Å². The van der Waals surface area contributed by atoms with Crippen LogP contribution < -0.4 is 10.0 Å². The van der Waals surface area contributed by atoms with Gasteiger partial charge in [0.2, 0.25) is 10.0 Å². The Morgan fingerprint density at radius 1 is 1.07 bits per heavy atom. The summed E-state index contributed by atoms with van der Waals surface area (Å²) < 4.78 is 26.0. The summed E-state index contributed by atoms with van der Waals surface area (Å²) in [7, 11) is -2.27. The number of carbonyl (C=O) groups is 1. The molecule has 0 saturated heterocycles. The molecule has 0 radical (unpaired) electrons. The third-order valence-electron chi connectivity index (χ3n) is 3.92. The molecule has 0 saturated carbocycles. The fourth-order valence-corrected chi connectivity index (χ4v) is 4.02. The average molecular weight is 414 g/mol. The van der Waals surface area contributed by atoms with Crippen LogP contribution in [0.5, 0.6) is 0 Å². The van der Waals surface area contributed by atoms with Crippen molar-refractivity contribution in [3.05, 3.63) is 84.2 Å². The number of amides is 1. The maximum Gasteiger partial charge on any atom is 0.255 e. The van der Waals surface area contributed by atoms with Crippen LogP contribution in [-0.2, 0) is 15.8 Å². The highest BCUT2D eigenvalue weighted by molar-refractivity contribution is 7.98. The molecule has 0 spiro atoms. The summed E-state index contributed by atoms with van der Waals surface area (Å²) in [5.41, 5.74) is 2.05. The second kappa shape index (κ2) is 9.01. The largest absolute Gasteiger partial charge is 0.322 e. The van der Waals surface area contributed by atoms with Crippen molar-refractivity contribution in [3.8, 4) is 0 Å². The molecule has 1 amide bonds. The molecule has 3 aromatic rings. The Kier molecular flexibility index (Phi) is 6.45. The zero-order valence-electron chi connectivity index (χ0n) is 15.1. The fraction of sp³-hybridized carbons (Fsp3) is 0.100. The minimum Gasteiger partial charge on any atom is -0.322 e. The van der Waals surface area contributed by atoms with Gasteiger partial charge in [-0.15, -0.1) is 11.8 Å². The molecule has 0 aliphatic heterocycles. The molecule has 0 unspecified atom stereocenters. The van der Waals surface area contributed by atoms with Crippen LogP contribution in [0.1, 0.15) is 15.9 Å². The summed E-state index contributed by atoms with van der Waals surface area (Å²) in [4.78, 5) is 17.7. The molecular weight excluding hydrogens is 394 g/mol. The first kappa shape index (κ1) is 20.1. The van der Waals surface area contributed by atoms with Crippen molar-refractivity contribution in [2.45, 2.75) is 15.5 Å². The summed E-state index contributed by atoms with van der Waals surface area (Å²) in [6.45, 7) is 0. The second-order valence-corrected chi connectivity index (χ2v) is 8.80. The lowest BCUT2D eigenvalue weighted by molar-refractivity contribution is 0.102. The van der Waals surface area contributed by atoms with Gasteiger partial charge in [-0.1, -0.05) is 12.1 Å². The van der Waals surface area contributed by atoms with E-state index in [4.69, 9.17) is 0 Å². The Morgan fingerprint density at radius 3 is 2.54 bits per heavy atom. The minimum absolute atomic E-state index is 0.0461. The molecule has 8 heteroatoms. The van der Waals surface area contributed by atoms with E-state index < -0.39 is 10.0 Å². The Labute approximate surface area is 168 Å². The van der Waals surface area contributed by atoms with Crippen LogP contribution in [0.25, 0.3) is 0 Å². The van der Waals surface area contributed by atoms with Crippen LogP contribution in [0.15, 0.2) is 82.8 Å². The van der Waals surface area contributed by atoms with Crippen molar-refractivity contribution in [2.24, 2.45) is 0 Å². The highest BCUT2D eigenvalue weighted by Crippen LogP contribution is 2.24. The monoisotopic (exact) mass is 413 g/mol. The lowest BCUT2D eigenvalue weighted by Gasteiger charge is -2.08. The van der Waals surface area contributed by atoms with Gasteiger partial charge in [-0.3, -0.25) is 9.78 Å². The van der Waals surface area contributed by atoms with E-state index in [1.165, 1.54) is 25.2 Å². The van der Waals surface area contributed by atoms with Gasteiger partial charge in [-0.2, -0.15) is 0 Å². The second-order valence-electron chi connectivity index (χ2n) is 5.86. The normalized spacial score (nSPS) is 11.2.